The molecule has 6 nitrogen and oxygen atoms in total. The van der Waals surface area contributed by atoms with Crippen LogP contribution >= 0.6 is 0 Å². The van der Waals surface area contributed by atoms with Gasteiger partial charge in [0.05, 0.1) is 11.3 Å². The quantitative estimate of drug-likeness (QED) is 0.447. The van der Waals surface area contributed by atoms with Crippen molar-refractivity contribution >= 4 is 0 Å². The summed E-state index contributed by atoms with van der Waals surface area (Å²) in [5.74, 6) is 6.34. The summed E-state index contributed by atoms with van der Waals surface area (Å²) in [7, 11) is 0. The van der Waals surface area contributed by atoms with Gasteiger partial charge in [0.1, 0.15) is 5.82 Å². The van der Waals surface area contributed by atoms with E-state index in [0.717, 1.165) is 6.07 Å². The first-order chi connectivity index (χ1) is 16.3. The van der Waals surface area contributed by atoms with Crippen LogP contribution in [0.5, 0.6) is 0 Å². The highest BCUT2D eigenvalue weighted by Gasteiger charge is 2.34. The molecule has 9 heteroatoms. The molecule has 0 saturated carbocycles. The van der Waals surface area contributed by atoms with Crippen LogP contribution in [0.2, 0.25) is 0 Å². The van der Waals surface area contributed by atoms with E-state index in [1.165, 1.54) is 30.6 Å². The van der Waals surface area contributed by atoms with Gasteiger partial charge in [-0.2, -0.15) is 13.2 Å². The van der Waals surface area contributed by atoms with E-state index < -0.39 is 17.3 Å². The van der Waals surface area contributed by atoms with Gasteiger partial charge in [-0.05, 0) is 38.8 Å². The van der Waals surface area contributed by atoms with E-state index in [2.05, 4.69) is 37.1 Å². The van der Waals surface area contributed by atoms with Crippen molar-refractivity contribution in [3.8, 4) is 34.5 Å². The van der Waals surface area contributed by atoms with Crippen molar-refractivity contribution < 1.29 is 13.2 Å². The fraction of sp³-hybridized carbons (Fsp3) is 0.385. The van der Waals surface area contributed by atoms with Gasteiger partial charge in [-0.15, -0.1) is 13.1 Å². The minimum Gasteiger partial charge on any atom is -0.658 e. The number of hydrogen-bond acceptors (Lipinski definition) is 4. The largest absolute Gasteiger partial charge is 0.658 e. The molecule has 0 fully saturated rings. The molecular weight excluding hydrogens is 455 g/mol. The Morgan fingerprint density at radius 2 is 1.77 bits per heavy atom. The average molecular weight is 483 g/mol. The number of rotatable bonds is 6. The maximum absolute atomic E-state index is 13.8. The molecule has 3 rings (SSSR count). The first kappa shape index (κ1) is 26.1. The highest BCUT2D eigenvalue weighted by Crippen LogP contribution is 2.37. The number of nitrogens with zero attached hydrogens (tertiary/aromatic N) is 4. The molecule has 1 aromatic carbocycles. The summed E-state index contributed by atoms with van der Waals surface area (Å²) in [4.78, 5) is 27.5. The fourth-order valence-corrected chi connectivity index (χ4v) is 3.09. The molecule has 0 aliphatic heterocycles. The Bertz CT molecular complexity index is 1290. The van der Waals surface area contributed by atoms with Crippen LogP contribution in [0.15, 0.2) is 41.5 Å². The van der Waals surface area contributed by atoms with Gasteiger partial charge in [-0.25, -0.2) is 15.0 Å². The van der Waals surface area contributed by atoms with E-state index >= 15 is 0 Å². The van der Waals surface area contributed by atoms with Crippen molar-refractivity contribution in [3.63, 3.8) is 0 Å². The van der Waals surface area contributed by atoms with Crippen LogP contribution in [0.4, 0.5) is 13.2 Å². The van der Waals surface area contributed by atoms with Crippen LogP contribution in [-0.4, -0.2) is 26.5 Å². The zero-order valence-electron chi connectivity index (χ0n) is 20.3. The van der Waals surface area contributed by atoms with Gasteiger partial charge in [0.15, 0.2) is 0 Å². The van der Waals surface area contributed by atoms with Crippen LogP contribution in [0.3, 0.4) is 0 Å². The Morgan fingerprint density at radius 3 is 2.37 bits per heavy atom. The Labute approximate surface area is 202 Å². The minimum atomic E-state index is -4.63. The predicted octanol–water partition coefficient (Wildman–Crippen LogP) is 5.84. The van der Waals surface area contributed by atoms with Gasteiger partial charge >= 0.3 is 6.18 Å². The zero-order valence-corrected chi connectivity index (χ0v) is 20.3. The SMILES string of the molecule is CC(C)C[N-]Cc1ccc(C(F)(F)F)c(-c2nc(-c3cnc(C#CC(C)(C)C)nc3)cc(=O)[nH]2)c1. The van der Waals surface area contributed by atoms with Gasteiger partial charge in [0, 0.05) is 35.0 Å². The number of alkyl halides is 3. The van der Waals surface area contributed by atoms with Crippen LogP contribution in [-0.2, 0) is 12.7 Å². The molecule has 3 aromatic rings. The summed E-state index contributed by atoms with van der Waals surface area (Å²) >= 11 is 0. The Kier molecular flexibility index (Phi) is 7.76. The minimum absolute atomic E-state index is 0.155. The number of aromatic nitrogens is 4. The third kappa shape index (κ3) is 7.49. The lowest BCUT2D eigenvalue weighted by atomic mass is 9.98. The summed E-state index contributed by atoms with van der Waals surface area (Å²) in [6, 6.07) is 4.95. The summed E-state index contributed by atoms with van der Waals surface area (Å²) in [6.45, 7) is 10.7. The lowest BCUT2D eigenvalue weighted by Crippen LogP contribution is -2.13. The second kappa shape index (κ2) is 10.4. The van der Waals surface area contributed by atoms with Gasteiger partial charge in [0.2, 0.25) is 5.82 Å². The molecule has 184 valence electrons. The Morgan fingerprint density at radius 1 is 1.09 bits per heavy atom. The standard InChI is InChI=1S/C26H27F3N5O/c1-16(2)12-30-13-17-6-7-20(26(27,28)29)19(10-17)24-33-21(11-23(35)34-24)18-14-31-22(32-15-18)8-9-25(3,4)5/h6-7,10-11,14-16H,12-13H2,1-5H3,(H,33,34,35)/q-1. The van der Waals surface area contributed by atoms with E-state index in [-0.39, 0.29) is 29.0 Å². The molecule has 2 aromatic heterocycles. The molecule has 0 saturated heterocycles. The topological polar surface area (TPSA) is 85.6 Å². The lowest BCUT2D eigenvalue weighted by molar-refractivity contribution is -0.137. The van der Waals surface area contributed by atoms with Crippen LogP contribution < -0.4 is 5.56 Å². The van der Waals surface area contributed by atoms with Crippen molar-refractivity contribution in [1.82, 2.24) is 19.9 Å². The average Bonchev–Trinajstić information content (AvgIpc) is 2.76. The second-order valence-electron chi connectivity index (χ2n) is 9.61. The molecule has 1 N–H and O–H groups in total. The van der Waals surface area contributed by atoms with Gasteiger partial charge in [-0.1, -0.05) is 37.3 Å². The Balaban J connectivity index is 2.02. The Hall–Kier alpha value is -3.51. The molecule has 0 bridgehead atoms. The molecule has 35 heavy (non-hydrogen) atoms. The van der Waals surface area contributed by atoms with Crippen LogP contribution in [0.25, 0.3) is 28.0 Å². The molecule has 0 radical (unpaired) electrons. The van der Waals surface area contributed by atoms with Crippen molar-refractivity contribution in [3.05, 3.63) is 69.3 Å². The maximum Gasteiger partial charge on any atom is 0.417 e. The van der Waals surface area contributed by atoms with Crippen molar-refractivity contribution in [2.45, 2.75) is 47.3 Å². The van der Waals surface area contributed by atoms with E-state index in [0.29, 0.717) is 29.4 Å². The van der Waals surface area contributed by atoms with E-state index in [1.54, 1.807) is 0 Å². The second-order valence-corrected chi connectivity index (χ2v) is 9.61. The van der Waals surface area contributed by atoms with Crippen LogP contribution in [0.1, 0.15) is 51.6 Å². The highest BCUT2D eigenvalue weighted by molar-refractivity contribution is 5.66. The lowest BCUT2D eigenvalue weighted by Gasteiger charge is -2.22. The third-order valence-corrected chi connectivity index (χ3v) is 4.67. The smallest absolute Gasteiger partial charge is 0.417 e. The molecule has 0 amide bonds. The normalized spacial score (nSPS) is 11.9. The van der Waals surface area contributed by atoms with E-state index in [1.807, 2.05) is 34.6 Å². The predicted molar refractivity (Wildman–Crippen MR) is 129 cm³/mol. The summed E-state index contributed by atoms with van der Waals surface area (Å²) in [6.07, 6.45) is -1.75. The van der Waals surface area contributed by atoms with Crippen molar-refractivity contribution in [2.24, 2.45) is 11.3 Å². The first-order valence-electron chi connectivity index (χ1n) is 11.1. The summed E-state index contributed by atoms with van der Waals surface area (Å²) in [5, 5.41) is 4.39. The number of halogens is 3. The monoisotopic (exact) mass is 482 g/mol. The summed E-state index contributed by atoms with van der Waals surface area (Å²) in [5.41, 5.74) is -0.802. The molecule has 2 heterocycles. The van der Waals surface area contributed by atoms with Crippen LogP contribution in [0, 0.1) is 23.2 Å². The third-order valence-electron chi connectivity index (χ3n) is 4.67. The molecule has 0 spiro atoms. The van der Waals surface area contributed by atoms with Crippen molar-refractivity contribution in [2.75, 3.05) is 6.54 Å². The first-order valence-corrected chi connectivity index (χ1v) is 11.1. The zero-order chi connectivity index (χ0) is 25.8. The molecule has 0 unspecified atom stereocenters. The number of aromatic amines is 1. The van der Waals surface area contributed by atoms with Crippen molar-refractivity contribution in [1.29, 1.82) is 0 Å². The molecule has 0 aliphatic carbocycles. The molecular formula is C26H27F3N5O-. The number of nitrogens with one attached hydrogen (secondary N) is 1. The molecule has 0 aliphatic rings. The number of benzene rings is 1. The number of hydrogen-bond donors (Lipinski definition) is 1. The number of H-pyrrole nitrogens is 1. The van der Waals surface area contributed by atoms with E-state index in [9.17, 15) is 18.0 Å². The van der Waals surface area contributed by atoms with Gasteiger partial charge in [0.25, 0.3) is 5.56 Å². The van der Waals surface area contributed by atoms with E-state index in [4.69, 9.17) is 0 Å². The summed E-state index contributed by atoms with van der Waals surface area (Å²) < 4.78 is 41.3. The maximum atomic E-state index is 13.8. The van der Waals surface area contributed by atoms with Gasteiger partial charge in [-0.3, -0.25) is 4.79 Å². The van der Waals surface area contributed by atoms with Gasteiger partial charge < -0.3 is 10.3 Å². The molecule has 0 atom stereocenters. The highest BCUT2D eigenvalue weighted by atomic mass is 19.4. The fourth-order valence-electron chi connectivity index (χ4n) is 3.09.